The minimum Gasteiger partial charge on any atom is -0.390 e. The average molecular weight is 242 g/mol. The molecule has 4 nitrogen and oxygen atoms in total. The van der Waals surface area contributed by atoms with E-state index in [0.29, 0.717) is 5.41 Å². The molecule has 0 bridgehead atoms. The highest BCUT2D eigenvalue weighted by Gasteiger charge is 2.39. The van der Waals surface area contributed by atoms with E-state index in [1.54, 1.807) is 0 Å². The van der Waals surface area contributed by atoms with E-state index >= 15 is 0 Å². The Bertz CT molecular complexity index is 225. The predicted octanol–water partition coefficient (Wildman–Crippen LogP) is 0.459. The maximum atomic E-state index is 9.95. The number of ether oxygens (including phenoxy) is 1. The van der Waals surface area contributed by atoms with Gasteiger partial charge in [-0.05, 0) is 24.7 Å². The molecule has 2 rings (SSSR count). The zero-order valence-electron chi connectivity index (χ0n) is 11.0. The van der Waals surface area contributed by atoms with Crippen molar-refractivity contribution in [2.45, 2.75) is 32.3 Å². The van der Waals surface area contributed by atoms with Crippen LogP contribution in [0.4, 0.5) is 0 Å². The number of hydrogen-bond acceptors (Lipinski definition) is 4. The maximum absolute atomic E-state index is 9.95. The quantitative estimate of drug-likeness (QED) is 0.681. The van der Waals surface area contributed by atoms with Gasteiger partial charge in [-0.25, -0.2) is 0 Å². The minimum absolute atomic E-state index is 0.249. The molecular weight excluding hydrogens is 216 g/mol. The summed E-state index contributed by atoms with van der Waals surface area (Å²) in [6, 6.07) is 0. The molecule has 17 heavy (non-hydrogen) atoms. The van der Waals surface area contributed by atoms with Crippen molar-refractivity contribution in [3.8, 4) is 0 Å². The largest absolute Gasteiger partial charge is 0.390 e. The Labute approximate surface area is 104 Å². The van der Waals surface area contributed by atoms with Gasteiger partial charge in [-0.1, -0.05) is 6.92 Å². The zero-order valence-corrected chi connectivity index (χ0v) is 11.0. The van der Waals surface area contributed by atoms with Crippen LogP contribution in [0.5, 0.6) is 0 Å². The molecule has 1 unspecified atom stereocenters. The monoisotopic (exact) mass is 242 g/mol. The summed E-state index contributed by atoms with van der Waals surface area (Å²) in [7, 11) is 0. The van der Waals surface area contributed by atoms with Crippen molar-refractivity contribution in [1.82, 2.24) is 10.2 Å². The lowest BCUT2D eigenvalue weighted by molar-refractivity contribution is 0.0147. The number of β-amino-alcohol motifs (C(OH)–C–C–N with tert-alkyl or cyclic N) is 1. The molecule has 4 heteroatoms. The Morgan fingerprint density at radius 2 is 2.06 bits per heavy atom. The van der Waals surface area contributed by atoms with E-state index in [0.717, 1.165) is 45.9 Å². The molecule has 1 aliphatic carbocycles. The van der Waals surface area contributed by atoms with Crippen LogP contribution >= 0.6 is 0 Å². The van der Waals surface area contributed by atoms with Crippen LogP contribution < -0.4 is 5.32 Å². The summed E-state index contributed by atoms with van der Waals surface area (Å²) in [4.78, 5) is 2.28. The lowest BCUT2D eigenvalue weighted by Crippen LogP contribution is -2.44. The first-order valence-electron chi connectivity index (χ1n) is 6.93. The molecule has 1 saturated heterocycles. The predicted molar refractivity (Wildman–Crippen MR) is 68.1 cm³/mol. The minimum atomic E-state index is -0.249. The zero-order chi connectivity index (χ0) is 12.1. The van der Waals surface area contributed by atoms with Crippen LogP contribution in [0.2, 0.25) is 0 Å². The van der Waals surface area contributed by atoms with Gasteiger partial charge in [0.05, 0.1) is 19.3 Å². The van der Waals surface area contributed by atoms with E-state index in [2.05, 4.69) is 17.1 Å². The van der Waals surface area contributed by atoms with Crippen molar-refractivity contribution in [3.63, 3.8) is 0 Å². The second-order valence-corrected chi connectivity index (χ2v) is 5.55. The van der Waals surface area contributed by atoms with Gasteiger partial charge < -0.3 is 15.2 Å². The Morgan fingerprint density at radius 3 is 2.65 bits per heavy atom. The smallest absolute Gasteiger partial charge is 0.0791 e. The number of morpholine rings is 1. The van der Waals surface area contributed by atoms with Gasteiger partial charge >= 0.3 is 0 Å². The molecule has 0 spiro atoms. The molecule has 1 aliphatic heterocycles. The molecule has 1 atom stereocenters. The molecular formula is C13H26N2O2. The van der Waals surface area contributed by atoms with E-state index in [-0.39, 0.29) is 6.10 Å². The van der Waals surface area contributed by atoms with Gasteiger partial charge in [0.25, 0.3) is 0 Å². The molecule has 0 aromatic rings. The Hall–Kier alpha value is -0.160. The molecule has 1 heterocycles. The standard InChI is InChI=1S/C13H26N2O2/c1-2-13(3-4-13)11-14-9-12(16)10-15-5-7-17-8-6-15/h12,14,16H,2-11H2,1H3. The number of aliphatic hydroxyl groups is 1. The van der Waals surface area contributed by atoms with Crippen LogP contribution in [-0.2, 0) is 4.74 Å². The number of rotatable bonds is 7. The van der Waals surface area contributed by atoms with Gasteiger partial charge in [0.1, 0.15) is 0 Å². The van der Waals surface area contributed by atoms with Crippen LogP contribution in [-0.4, -0.2) is 62.0 Å². The molecule has 0 radical (unpaired) electrons. The molecule has 0 aromatic carbocycles. The van der Waals surface area contributed by atoms with Crippen molar-refractivity contribution in [1.29, 1.82) is 0 Å². The summed E-state index contributed by atoms with van der Waals surface area (Å²) in [5, 5.41) is 13.4. The van der Waals surface area contributed by atoms with E-state index in [4.69, 9.17) is 4.74 Å². The van der Waals surface area contributed by atoms with Gasteiger partial charge in [-0.3, -0.25) is 4.90 Å². The third kappa shape index (κ3) is 4.21. The first-order valence-corrected chi connectivity index (χ1v) is 6.93. The Balaban J connectivity index is 1.55. The summed E-state index contributed by atoms with van der Waals surface area (Å²) in [6.45, 7) is 8.35. The number of aliphatic hydroxyl groups excluding tert-OH is 1. The van der Waals surface area contributed by atoms with Gasteiger partial charge in [0.2, 0.25) is 0 Å². The number of hydrogen-bond donors (Lipinski definition) is 2. The van der Waals surface area contributed by atoms with Crippen LogP contribution in [0.3, 0.4) is 0 Å². The van der Waals surface area contributed by atoms with Crippen LogP contribution in [0.15, 0.2) is 0 Å². The number of nitrogens with one attached hydrogen (secondary N) is 1. The van der Waals surface area contributed by atoms with Crippen molar-refractivity contribution in [3.05, 3.63) is 0 Å². The van der Waals surface area contributed by atoms with Crippen molar-refractivity contribution in [2.75, 3.05) is 45.9 Å². The van der Waals surface area contributed by atoms with Crippen molar-refractivity contribution < 1.29 is 9.84 Å². The fourth-order valence-corrected chi connectivity index (χ4v) is 2.48. The van der Waals surface area contributed by atoms with E-state index < -0.39 is 0 Å². The molecule has 2 N–H and O–H groups in total. The second kappa shape index (κ2) is 6.14. The third-order valence-electron chi connectivity index (χ3n) is 4.16. The highest BCUT2D eigenvalue weighted by molar-refractivity contribution is 4.93. The average Bonchev–Trinajstić information content (AvgIpc) is 3.11. The van der Waals surface area contributed by atoms with E-state index in [1.165, 1.54) is 19.3 Å². The molecule has 0 amide bonds. The van der Waals surface area contributed by atoms with Crippen molar-refractivity contribution in [2.24, 2.45) is 5.41 Å². The van der Waals surface area contributed by atoms with Crippen molar-refractivity contribution >= 4 is 0 Å². The maximum Gasteiger partial charge on any atom is 0.0791 e. The summed E-state index contributed by atoms with van der Waals surface area (Å²) in [5.74, 6) is 0. The lowest BCUT2D eigenvalue weighted by Gasteiger charge is -2.28. The van der Waals surface area contributed by atoms with Gasteiger partial charge in [0, 0.05) is 32.7 Å². The van der Waals surface area contributed by atoms with Gasteiger partial charge in [-0.15, -0.1) is 0 Å². The van der Waals surface area contributed by atoms with Gasteiger partial charge in [-0.2, -0.15) is 0 Å². The first-order chi connectivity index (χ1) is 8.24. The molecule has 1 saturated carbocycles. The summed E-state index contributed by atoms with van der Waals surface area (Å²) in [5.41, 5.74) is 0.568. The molecule has 2 fully saturated rings. The Kier molecular flexibility index (Phi) is 4.79. The van der Waals surface area contributed by atoms with Crippen LogP contribution in [0.25, 0.3) is 0 Å². The summed E-state index contributed by atoms with van der Waals surface area (Å²) < 4.78 is 5.29. The molecule has 0 aromatic heterocycles. The SMILES string of the molecule is CCC1(CNCC(O)CN2CCOCC2)CC1. The fraction of sp³-hybridized carbons (Fsp3) is 1.00. The highest BCUT2D eigenvalue weighted by atomic mass is 16.5. The topological polar surface area (TPSA) is 44.7 Å². The van der Waals surface area contributed by atoms with Crippen LogP contribution in [0.1, 0.15) is 26.2 Å². The summed E-state index contributed by atoms with van der Waals surface area (Å²) >= 11 is 0. The fourth-order valence-electron chi connectivity index (χ4n) is 2.48. The Morgan fingerprint density at radius 1 is 1.35 bits per heavy atom. The highest BCUT2D eigenvalue weighted by Crippen LogP contribution is 2.47. The molecule has 100 valence electrons. The molecule has 2 aliphatic rings. The number of nitrogens with zero attached hydrogens (tertiary/aromatic N) is 1. The van der Waals surface area contributed by atoms with E-state index in [1.807, 2.05) is 0 Å². The first kappa shape index (κ1) is 13.3. The summed E-state index contributed by atoms with van der Waals surface area (Å²) in [6.07, 6.45) is 3.73. The van der Waals surface area contributed by atoms with E-state index in [9.17, 15) is 5.11 Å². The van der Waals surface area contributed by atoms with Gasteiger partial charge in [0.15, 0.2) is 0 Å². The third-order valence-corrected chi connectivity index (χ3v) is 4.16. The van der Waals surface area contributed by atoms with Crippen LogP contribution in [0, 0.1) is 5.41 Å². The normalized spacial score (nSPS) is 25.8. The lowest BCUT2D eigenvalue weighted by atomic mass is 10.0. The second-order valence-electron chi connectivity index (χ2n) is 5.55.